The number of aromatic nitrogens is 3. The van der Waals surface area contributed by atoms with Gasteiger partial charge in [-0.15, -0.1) is 10.2 Å². The number of ether oxygens (including phenoxy) is 2. The Morgan fingerprint density at radius 3 is 2.52 bits per heavy atom. The van der Waals surface area contributed by atoms with Gasteiger partial charge in [-0.3, -0.25) is 9.36 Å². The van der Waals surface area contributed by atoms with Crippen LogP contribution in [0.3, 0.4) is 0 Å². The first-order valence-electron chi connectivity index (χ1n) is 13.6. The number of para-hydroxylation sites is 1. The van der Waals surface area contributed by atoms with Gasteiger partial charge in [0.25, 0.3) is 0 Å². The Kier molecular flexibility index (Phi) is 6.93. The van der Waals surface area contributed by atoms with Crippen molar-refractivity contribution in [3.63, 3.8) is 0 Å². The van der Waals surface area contributed by atoms with Crippen LogP contribution >= 0.6 is 11.8 Å². The summed E-state index contributed by atoms with van der Waals surface area (Å²) in [6, 6.07) is 27.1. The predicted molar refractivity (Wildman–Crippen MR) is 159 cm³/mol. The summed E-state index contributed by atoms with van der Waals surface area (Å²) < 4.78 is 42.1. The van der Waals surface area contributed by atoms with Crippen LogP contribution in [0.25, 0.3) is 16.5 Å². The van der Waals surface area contributed by atoms with E-state index in [-0.39, 0.29) is 23.2 Å². The zero-order valence-electron chi connectivity index (χ0n) is 22.4. The summed E-state index contributed by atoms with van der Waals surface area (Å²) in [5, 5.41) is 11.3. The number of fused-ring (bicyclic) bond motifs is 2. The average Bonchev–Trinajstić information content (AvgIpc) is 3.79. The molecule has 0 bridgehead atoms. The predicted octanol–water partition coefficient (Wildman–Crippen LogP) is 5.65. The lowest BCUT2D eigenvalue weighted by Gasteiger charge is -2.24. The van der Waals surface area contributed by atoms with E-state index < -0.39 is 16.1 Å². The molecule has 42 heavy (non-hydrogen) atoms. The molecule has 0 radical (unpaired) electrons. The molecule has 0 aliphatic carbocycles. The van der Waals surface area contributed by atoms with E-state index >= 15 is 0 Å². The molecular weight excluding hydrogens is 572 g/mol. The molecule has 0 N–H and O–H groups in total. The molecule has 7 rings (SSSR count). The molecule has 5 aromatic rings. The fraction of sp³-hybridized carbons (Fsp3) is 0.194. The SMILES string of the molecule is O=C(CSc1nnc([C@@H]2CCCN2S(=O)(=O)c2ccc3ccccc3c2)n1-c1ccccc1)c1ccc2c(c1)OCO2. The number of carbonyl (C=O) groups is 1. The Balaban J connectivity index is 1.20. The molecule has 1 aromatic heterocycles. The molecule has 0 saturated carbocycles. The van der Waals surface area contributed by atoms with Crippen LogP contribution in [-0.4, -0.2) is 52.4 Å². The van der Waals surface area contributed by atoms with E-state index in [9.17, 15) is 13.2 Å². The first kappa shape index (κ1) is 26.7. The van der Waals surface area contributed by atoms with Crippen molar-refractivity contribution in [3.8, 4) is 17.2 Å². The summed E-state index contributed by atoms with van der Waals surface area (Å²) in [5.74, 6) is 1.72. The second-order valence-electron chi connectivity index (χ2n) is 10.1. The van der Waals surface area contributed by atoms with Gasteiger partial charge in [-0.2, -0.15) is 4.31 Å². The van der Waals surface area contributed by atoms with Gasteiger partial charge in [-0.05, 0) is 66.1 Å². The van der Waals surface area contributed by atoms with Gasteiger partial charge in [-0.25, -0.2) is 8.42 Å². The normalized spacial score (nSPS) is 16.7. The van der Waals surface area contributed by atoms with Crippen LogP contribution in [0.2, 0.25) is 0 Å². The Morgan fingerprint density at radius 2 is 1.67 bits per heavy atom. The number of benzene rings is 4. The Hall–Kier alpha value is -4.19. The summed E-state index contributed by atoms with van der Waals surface area (Å²) in [7, 11) is -3.81. The molecule has 0 amide bonds. The minimum absolute atomic E-state index is 0.0937. The first-order chi connectivity index (χ1) is 20.5. The molecule has 3 heterocycles. The summed E-state index contributed by atoms with van der Waals surface area (Å²) in [4.78, 5) is 13.4. The fourth-order valence-electron chi connectivity index (χ4n) is 5.44. The van der Waals surface area contributed by atoms with Crippen molar-refractivity contribution in [1.82, 2.24) is 19.1 Å². The topological polar surface area (TPSA) is 104 Å². The second kappa shape index (κ2) is 10.9. The van der Waals surface area contributed by atoms with Crippen LogP contribution < -0.4 is 9.47 Å². The molecule has 9 nitrogen and oxygen atoms in total. The molecule has 0 spiro atoms. The lowest BCUT2D eigenvalue weighted by atomic mass is 10.1. The third kappa shape index (κ3) is 4.83. The van der Waals surface area contributed by atoms with E-state index in [2.05, 4.69) is 10.2 Å². The van der Waals surface area contributed by atoms with E-state index in [0.717, 1.165) is 16.5 Å². The van der Waals surface area contributed by atoms with Crippen molar-refractivity contribution < 1.29 is 22.7 Å². The monoisotopic (exact) mass is 598 g/mol. The molecule has 1 fully saturated rings. The second-order valence-corrected chi connectivity index (χ2v) is 12.9. The third-order valence-corrected chi connectivity index (χ3v) is 10.4. The van der Waals surface area contributed by atoms with Gasteiger partial charge in [0.15, 0.2) is 28.3 Å². The minimum Gasteiger partial charge on any atom is -0.454 e. The average molecular weight is 599 g/mol. The summed E-state index contributed by atoms with van der Waals surface area (Å²) in [5.41, 5.74) is 1.31. The van der Waals surface area contributed by atoms with Gasteiger partial charge in [0.1, 0.15) is 0 Å². The highest BCUT2D eigenvalue weighted by atomic mass is 32.2. The number of hydrogen-bond donors (Lipinski definition) is 0. The van der Waals surface area contributed by atoms with Crippen molar-refractivity contribution in [2.45, 2.75) is 28.9 Å². The van der Waals surface area contributed by atoms with E-state index in [0.29, 0.717) is 47.4 Å². The number of hydrogen-bond acceptors (Lipinski definition) is 8. The van der Waals surface area contributed by atoms with Gasteiger partial charge in [0.05, 0.1) is 16.7 Å². The highest BCUT2D eigenvalue weighted by Gasteiger charge is 2.39. The van der Waals surface area contributed by atoms with Crippen LogP contribution in [0, 0.1) is 0 Å². The molecule has 1 saturated heterocycles. The maximum atomic E-state index is 14.0. The van der Waals surface area contributed by atoms with Crippen molar-refractivity contribution in [1.29, 1.82) is 0 Å². The van der Waals surface area contributed by atoms with Gasteiger partial charge in [-0.1, -0.05) is 60.3 Å². The van der Waals surface area contributed by atoms with E-state index in [1.165, 1.54) is 16.1 Å². The summed E-state index contributed by atoms with van der Waals surface area (Å²) in [6.45, 7) is 0.520. The summed E-state index contributed by atoms with van der Waals surface area (Å²) in [6.07, 6.45) is 1.31. The maximum Gasteiger partial charge on any atom is 0.243 e. The van der Waals surface area contributed by atoms with Crippen LogP contribution in [0.1, 0.15) is 35.1 Å². The van der Waals surface area contributed by atoms with Crippen molar-refractivity contribution in [2.24, 2.45) is 0 Å². The maximum absolute atomic E-state index is 14.0. The fourth-order valence-corrected chi connectivity index (χ4v) is 7.99. The quantitative estimate of drug-likeness (QED) is 0.167. The van der Waals surface area contributed by atoms with Crippen molar-refractivity contribution in [2.75, 3.05) is 19.1 Å². The number of sulfonamides is 1. The molecule has 4 aromatic carbocycles. The van der Waals surface area contributed by atoms with Gasteiger partial charge >= 0.3 is 0 Å². The van der Waals surface area contributed by atoms with Gasteiger partial charge < -0.3 is 9.47 Å². The van der Waals surface area contributed by atoms with Crippen molar-refractivity contribution in [3.05, 3.63) is 102 Å². The minimum atomic E-state index is -3.81. The summed E-state index contributed by atoms with van der Waals surface area (Å²) >= 11 is 1.26. The standard InChI is InChI=1S/C31H26N4O5S2/c36-27(23-13-15-28-29(18-23)40-20-39-28)19-41-31-33-32-30(35(31)24-9-2-1-3-10-24)26-11-6-16-34(26)42(37,38)25-14-12-21-7-4-5-8-22(21)17-25/h1-5,7-10,12-15,17-18,26H,6,11,16,19-20H2/t26-/m0/s1. The van der Waals surface area contributed by atoms with Crippen LogP contribution in [0.5, 0.6) is 11.5 Å². The highest BCUT2D eigenvalue weighted by molar-refractivity contribution is 7.99. The lowest BCUT2D eigenvalue weighted by molar-refractivity contribution is 0.102. The van der Waals surface area contributed by atoms with Crippen molar-refractivity contribution >= 4 is 38.3 Å². The van der Waals surface area contributed by atoms with Crippen LogP contribution in [-0.2, 0) is 10.0 Å². The number of ketones is 1. The molecule has 2 aliphatic rings. The Morgan fingerprint density at radius 1 is 0.881 bits per heavy atom. The van der Waals surface area contributed by atoms with Gasteiger partial charge in [0, 0.05) is 17.8 Å². The largest absolute Gasteiger partial charge is 0.454 e. The molecule has 2 aliphatic heterocycles. The number of thioether (sulfide) groups is 1. The number of nitrogens with zero attached hydrogens (tertiary/aromatic N) is 4. The zero-order valence-corrected chi connectivity index (χ0v) is 24.1. The molecule has 1 atom stereocenters. The third-order valence-electron chi connectivity index (χ3n) is 7.53. The molecule has 11 heteroatoms. The molecule has 0 unspecified atom stereocenters. The zero-order chi connectivity index (χ0) is 28.7. The number of rotatable bonds is 8. The molecular formula is C31H26N4O5S2. The highest BCUT2D eigenvalue weighted by Crippen LogP contribution is 2.39. The Bertz CT molecular complexity index is 1910. The lowest BCUT2D eigenvalue weighted by Crippen LogP contribution is -2.32. The van der Waals surface area contributed by atoms with Gasteiger partial charge in [0.2, 0.25) is 16.8 Å². The first-order valence-corrected chi connectivity index (χ1v) is 16.0. The van der Waals surface area contributed by atoms with E-state index in [1.807, 2.05) is 65.2 Å². The van der Waals surface area contributed by atoms with E-state index in [4.69, 9.17) is 9.47 Å². The Labute approximate surface area is 247 Å². The smallest absolute Gasteiger partial charge is 0.243 e. The molecule has 212 valence electrons. The van der Waals surface area contributed by atoms with Crippen LogP contribution in [0.4, 0.5) is 0 Å². The van der Waals surface area contributed by atoms with Crippen LogP contribution in [0.15, 0.2) is 101 Å². The number of carbonyl (C=O) groups excluding carboxylic acids is 1. The van der Waals surface area contributed by atoms with E-state index in [1.54, 1.807) is 30.3 Å². The number of Topliss-reactive ketones (excluding diaryl/α,β-unsaturated/α-hetero) is 1.